The van der Waals surface area contributed by atoms with E-state index in [1.165, 1.54) is 11.3 Å². The molecular weight excluding hydrogens is 270 g/mol. The van der Waals surface area contributed by atoms with Gasteiger partial charge in [0, 0.05) is 17.5 Å². The fraction of sp³-hybridized carbons (Fsp3) is 0.333. The lowest BCUT2D eigenvalue weighted by atomic mass is 10.1. The van der Waals surface area contributed by atoms with Crippen molar-refractivity contribution in [1.29, 1.82) is 0 Å². The van der Waals surface area contributed by atoms with Gasteiger partial charge in [0.1, 0.15) is 5.69 Å². The molecule has 0 spiro atoms. The zero-order valence-corrected chi connectivity index (χ0v) is 12.4. The zero-order valence-electron chi connectivity index (χ0n) is 11.6. The number of para-hydroxylation sites is 1. The van der Waals surface area contributed by atoms with Crippen molar-refractivity contribution in [3.63, 3.8) is 0 Å². The smallest absolute Gasteiger partial charge is 0.275 e. The Labute approximate surface area is 123 Å². The molecular formula is C15H19N3OS. The minimum Gasteiger partial charge on any atom is -0.330 e. The molecule has 2 rings (SSSR count). The molecule has 1 amide bonds. The van der Waals surface area contributed by atoms with Crippen LogP contribution in [-0.4, -0.2) is 17.4 Å². The van der Waals surface area contributed by atoms with Crippen molar-refractivity contribution in [3.8, 4) is 0 Å². The number of hydrogen-bond acceptors (Lipinski definition) is 4. The first-order valence-electron chi connectivity index (χ1n) is 6.78. The summed E-state index contributed by atoms with van der Waals surface area (Å²) in [6.45, 7) is 2.67. The molecule has 2 aromatic rings. The van der Waals surface area contributed by atoms with Crippen LogP contribution in [0.15, 0.2) is 29.6 Å². The van der Waals surface area contributed by atoms with Crippen molar-refractivity contribution >= 4 is 22.9 Å². The fourth-order valence-corrected chi connectivity index (χ4v) is 2.76. The summed E-state index contributed by atoms with van der Waals surface area (Å²) in [5.74, 6) is -0.159. The quantitative estimate of drug-likeness (QED) is 0.859. The topological polar surface area (TPSA) is 68.0 Å². The number of nitrogens with zero attached hydrogens (tertiary/aromatic N) is 1. The predicted molar refractivity (Wildman–Crippen MR) is 83.3 cm³/mol. The summed E-state index contributed by atoms with van der Waals surface area (Å²) in [4.78, 5) is 16.5. The monoisotopic (exact) mass is 289 g/mol. The molecule has 0 fully saturated rings. The maximum absolute atomic E-state index is 12.2. The largest absolute Gasteiger partial charge is 0.330 e. The van der Waals surface area contributed by atoms with Crippen molar-refractivity contribution in [3.05, 3.63) is 45.9 Å². The lowest BCUT2D eigenvalue weighted by Crippen LogP contribution is -2.14. The normalized spacial score (nSPS) is 10.5. The second-order valence-corrected chi connectivity index (χ2v) is 5.47. The predicted octanol–water partition coefficient (Wildman–Crippen LogP) is 2.85. The molecule has 0 aliphatic heterocycles. The van der Waals surface area contributed by atoms with E-state index in [1.807, 2.05) is 24.3 Å². The van der Waals surface area contributed by atoms with Gasteiger partial charge in [0.05, 0.1) is 5.01 Å². The van der Waals surface area contributed by atoms with Gasteiger partial charge in [-0.2, -0.15) is 0 Å². The van der Waals surface area contributed by atoms with Crippen LogP contribution in [0.4, 0.5) is 5.69 Å². The molecule has 0 bridgehead atoms. The summed E-state index contributed by atoms with van der Waals surface area (Å²) in [6.07, 6.45) is 2.71. The minimum atomic E-state index is -0.159. The Kier molecular flexibility index (Phi) is 5.26. The van der Waals surface area contributed by atoms with E-state index in [0.717, 1.165) is 29.1 Å². The number of nitrogens with two attached hydrogens (primary N) is 1. The van der Waals surface area contributed by atoms with Crippen molar-refractivity contribution in [1.82, 2.24) is 4.98 Å². The zero-order chi connectivity index (χ0) is 14.4. The molecule has 0 radical (unpaired) electrons. The summed E-state index contributed by atoms with van der Waals surface area (Å²) in [7, 11) is 0. The molecule has 0 atom stereocenters. The number of rotatable bonds is 6. The molecule has 20 heavy (non-hydrogen) atoms. The van der Waals surface area contributed by atoms with Crippen LogP contribution >= 0.6 is 11.3 Å². The van der Waals surface area contributed by atoms with Gasteiger partial charge in [-0.15, -0.1) is 11.3 Å². The molecule has 5 heteroatoms. The third-order valence-electron chi connectivity index (χ3n) is 2.93. The van der Waals surface area contributed by atoms with Gasteiger partial charge >= 0.3 is 0 Å². The number of aromatic nitrogens is 1. The highest BCUT2D eigenvalue weighted by Gasteiger charge is 2.12. The van der Waals surface area contributed by atoms with E-state index in [9.17, 15) is 4.79 Å². The van der Waals surface area contributed by atoms with E-state index in [2.05, 4.69) is 17.2 Å². The molecule has 0 aliphatic carbocycles. The van der Waals surface area contributed by atoms with Crippen LogP contribution in [0.1, 0.15) is 34.4 Å². The molecule has 1 aromatic heterocycles. The number of thiazole rings is 1. The van der Waals surface area contributed by atoms with E-state index >= 15 is 0 Å². The van der Waals surface area contributed by atoms with Crippen LogP contribution in [0, 0.1) is 0 Å². The van der Waals surface area contributed by atoms with Crippen LogP contribution in [-0.2, 0) is 12.8 Å². The molecule has 0 saturated heterocycles. The average molecular weight is 289 g/mol. The highest BCUT2D eigenvalue weighted by molar-refractivity contribution is 7.09. The Bertz CT molecular complexity index is 580. The number of carbonyl (C=O) groups excluding carboxylic acids is 1. The van der Waals surface area contributed by atoms with Gasteiger partial charge in [0.15, 0.2) is 0 Å². The van der Waals surface area contributed by atoms with Crippen LogP contribution in [0.25, 0.3) is 0 Å². The molecule has 4 nitrogen and oxygen atoms in total. The Morgan fingerprint density at radius 1 is 1.35 bits per heavy atom. The number of hydrogen-bond donors (Lipinski definition) is 2. The third kappa shape index (κ3) is 3.65. The van der Waals surface area contributed by atoms with Crippen LogP contribution < -0.4 is 11.1 Å². The summed E-state index contributed by atoms with van der Waals surface area (Å²) in [5, 5.41) is 5.62. The van der Waals surface area contributed by atoms with E-state index in [0.29, 0.717) is 18.7 Å². The molecule has 0 unspecified atom stereocenters. The van der Waals surface area contributed by atoms with Crippen molar-refractivity contribution in [2.45, 2.75) is 26.2 Å². The van der Waals surface area contributed by atoms with Crippen molar-refractivity contribution < 1.29 is 4.79 Å². The van der Waals surface area contributed by atoms with Gasteiger partial charge in [-0.25, -0.2) is 4.98 Å². The number of aryl methyl sites for hydroxylation is 1. The molecule has 1 aromatic carbocycles. The first-order valence-corrected chi connectivity index (χ1v) is 7.66. The Morgan fingerprint density at radius 2 is 2.15 bits per heavy atom. The SMILES string of the molecule is CCCc1ccccc1NC(=O)c1csc(CCN)n1. The second-order valence-electron chi connectivity index (χ2n) is 4.53. The van der Waals surface area contributed by atoms with Crippen LogP contribution in [0.2, 0.25) is 0 Å². The van der Waals surface area contributed by atoms with Crippen LogP contribution in [0.3, 0.4) is 0 Å². The minimum absolute atomic E-state index is 0.159. The number of anilines is 1. The van der Waals surface area contributed by atoms with Crippen LogP contribution in [0.5, 0.6) is 0 Å². The van der Waals surface area contributed by atoms with E-state index < -0.39 is 0 Å². The summed E-state index contributed by atoms with van der Waals surface area (Å²) >= 11 is 1.48. The Morgan fingerprint density at radius 3 is 2.90 bits per heavy atom. The van der Waals surface area contributed by atoms with Gasteiger partial charge in [-0.3, -0.25) is 4.79 Å². The summed E-state index contributed by atoms with van der Waals surface area (Å²) in [5.41, 5.74) is 7.97. The van der Waals surface area contributed by atoms with Crippen molar-refractivity contribution in [2.24, 2.45) is 5.73 Å². The maximum Gasteiger partial charge on any atom is 0.275 e. The molecule has 3 N–H and O–H groups in total. The standard InChI is InChI=1S/C15H19N3OS/c1-2-5-11-6-3-4-7-12(11)18-15(19)13-10-20-14(17-13)8-9-16/h3-4,6-7,10H,2,5,8-9,16H2,1H3,(H,18,19). The lowest BCUT2D eigenvalue weighted by molar-refractivity contribution is 0.102. The van der Waals surface area contributed by atoms with E-state index in [-0.39, 0.29) is 5.91 Å². The van der Waals surface area contributed by atoms with Gasteiger partial charge in [-0.1, -0.05) is 31.5 Å². The molecule has 0 aliphatic rings. The van der Waals surface area contributed by atoms with E-state index in [1.54, 1.807) is 5.38 Å². The van der Waals surface area contributed by atoms with Gasteiger partial charge in [0.2, 0.25) is 0 Å². The molecule has 1 heterocycles. The number of benzene rings is 1. The average Bonchev–Trinajstić information content (AvgIpc) is 2.90. The van der Waals surface area contributed by atoms with Crippen molar-refractivity contribution in [2.75, 3.05) is 11.9 Å². The lowest BCUT2D eigenvalue weighted by Gasteiger charge is -2.09. The number of amides is 1. The van der Waals surface area contributed by atoms with Gasteiger partial charge < -0.3 is 11.1 Å². The second kappa shape index (κ2) is 7.17. The third-order valence-corrected chi connectivity index (χ3v) is 3.84. The first-order chi connectivity index (χ1) is 9.74. The number of carbonyl (C=O) groups is 1. The Hall–Kier alpha value is -1.72. The maximum atomic E-state index is 12.2. The highest BCUT2D eigenvalue weighted by Crippen LogP contribution is 2.18. The van der Waals surface area contributed by atoms with Gasteiger partial charge in [0.25, 0.3) is 5.91 Å². The first kappa shape index (κ1) is 14.7. The molecule has 106 valence electrons. The Balaban J connectivity index is 2.10. The number of nitrogens with one attached hydrogen (secondary N) is 1. The van der Waals surface area contributed by atoms with Gasteiger partial charge in [-0.05, 0) is 24.6 Å². The fourth-order valence-electron chi connectivity index (χ4n) is 1.97. The molecule has 0 saturated carbocycles. The van der Waals surface area contributed by atoms with E-state index in [4.69, 9.17) is 5.73 Å². The summed E-state index contributed by atoms with van der Waals surface area (Å²) in [6, 6.07) is 7.88. The summed E-state index contributed by atoms with van der Waals surface area (Å²) < 4.78 is 0. The highest BCUT2D eigenvalue weighted by atomic mass is 32.1.